The van der Waals surface area contributed by atoms with Crippen LogP contribution in [-0.2, 0) is 6.18 Å². The highest BCUT2D eigenvalue weighted by molar-refractivity contribution is 5.45. The largest absolute Gasteiger partial charge is 0.433 e. The van der Waals surface area contributed by atoms with Crippen molar-refractivity contribution >= 4 is 11.8 Å². The van der Waals surface area contributed by atoms with Gasteiger partial charge in [0.25, 0.3) is 0 Å². The van der Waals surface area contributed by atoms with Gasteiger partial charge in [-0.25, -0.2) is 10.8 Å². The van der Waals surface area contributed by atoms with E-state index in [4.69, 9.17) is 5.84 Å². The zero-order valence-electron chi connectivity index (χ0n) is 9.46. The number of aromatic nitrogens is 2. The summed E-state index contributed by atoms with van der Waals surface area (Å²) in [5, 5.41) is 3.11. The number of rotatable bonds is 2. The van der Waals surface area contributed by atoms with Gasteiger partial charge in [-0.3, -0.25) is 5.43 Å². The second kappa shape index (κ2) is 4.94. The number of hydrogen-bond acceptors (Lipinski definition) is 6. The van der Waals surface area contributed by atoms with Crippen molar-refractivity contribution in [2.75, 3.05) is 36.5 Å². The molecule has 0 bridgehead atoms. The van der Waals surface area contributed by atoms with Crippen molar-refractivity contribution < 1.29 is 13.2 Å². The Morgan fingerprint density at radius 1 is 1.28 bits per heavy atom. The van der Waals surface area contributed by atoms with Gasteiger partial charge in [0.15, 0.2) is 5.69 Å². The molecule has 1 fully saturated rings. The molecule has 0 spiro atoms. The summed E-state index contributed by atoms with van der Waals surface area (Å²) in [6.45, 7) is 2.60. The number of hydrogen-bond donors (Lipinski definition) is 3. The molecule has 0 aliphatic carbocycles. The highest BCUT2D eigenvalue weighted by Gasteiger charge is 2.34. The van der Waals surface area contributed by atoms with Crippen molar-refractivity contribution in [2.45, 2.75) is 6.18 Å². The molecule has 1 aromatic heterocycles. The van der Waals surface area contributed by atoms with Gasteiger partial charge in [-0.05, 0) is 0 Å². The van der Waals surface area contributed by atoms with Crippen LogP contribution in [0.5, 0.6) is 0 Å². The maximum absolute atomic E-state index is 12.7. The molecule has 2 heterocycles. The van der Waals surface area contributed by atoms with Gasteiger partial charge in [-0.1, -0.05) is 0 Å². The maximum Gasteiger partial charge on any atom is 0.433 e. The SMILES string of the molecule is NNc1nc(N2CCNCC2)cc(C(F)(F)F)n1. The first-order valence-corrected chi connectivity index (χ1v) is 5.39. The quantitative estimate of drug-likeness (QED) is 0.521. The van der Waals surface area contributed by atoms with Gasteiger partial charge >= 0.3 is 6.18 Å². The zero-order valence-corrected chi connectivity index (χ0v) is 9.46. The first-order valence-electron chi connectivity index (χ1n) is 5.39. The predicted octanol–water partition coefficient (Wildman–Crippen LogP) is 0.191. The van der Waals surface area contributed by atoms with Crippen LogP contribution in [0.4, 0.5) is 24.9 Å². The lowest BCUT2D eigenvalue weighted by atomic mass is 10.3. The highest BCUT2D eigenvalue weighted by Crippen LogP contribution is 2.30. The van der Waals surface area contributed by atoms with E-state index in [2.05, 4.69) is 20.7 Å². The maximum atomic E-state index is 12.7. The fraction of sp³-hybridized carbons (Fsp3) is 0.556. The highest BCUT2D eigenvalue weighted by atomic mass is 19.4. The molecule has 100 valence electrons. The molecular weight excluding hydrogens is 249 g/mol. The lowest BCUT2D eigenvalue weighted by molar-refractivity contribution is -0.141. The second-order valence-corrected chi connectivity index (χ2v) is 3.81. The first kappa shape index (κ1) is 12.8. The Morgan fingerprint density at radius 3 is 2.50 bits per heavy atom. The average Bonchev–Trinajstić information content (AvgIpc) is 2.38. The summed E-state index contributed by atoms with van der Waals surface area (Å²) < 4.78 is 38.0. The molecule has 9 heteroatoms. The van der Waals surface area contributed by atoms with Crippen molar-refractivity contribution in [3.63, 3.8) is 0 Å². The lowest BCUT2D eigenvalue weighted by Crippen LogP contribution is -2.44. The van der Waals surface area contributed by atoms with Crippen LogP contribution in [0.2, 0.25) is 0 Å². The number of nitrogens with two attached hydrogens (primary N) is 1. The molecule has 1 aliphatic rings. The summed E-state index contributed by atoms with van der Waals surface area (Å²) in [6.07, 6.45) is -4.52. The number of hydrazine groups is 1. The van der Waals surface area contributed by atoms with E-state index < -0.39 is 11.9 Å². The van der Waals surface area contributed by atoms with Crippen molar-refractivity contribution in [3.05, 3.63) is 11.8 Å². The fourth-order valence-electron chi connectivity index (χ4n) is 1.70. The number of nitrogens with zero attached hydrogens (tertiary/aromatic N) is 3. The smallest absolute Gasteiger partial charge is 0.354 e. The number of alkyl halides is 3. The molecule has 0 aromatic carbocycles. The second-order valence-electron chi connectivity index (χ2n) is 3.81. The van der Waals surface area contributed by atoms with E-state index in [-0.39, 0.29) is 11.8 Å². The van der Waals surface area contributed by atoms with Crippen molar-refractivity contribution in [3.8, 4) is 0 Å². The first-order chi connectivity index (χ1) is 8.50. The molecule has 0 atom stereocenters. The van der Waals surface area contributed by atoms with Gasteiger partial charge in [0.1, 0.15) is 5.82 Å². The van der Waals surface area contributed by atoms with Gasteiger partial charge in [-0.15, -0.1) is 0 Å². The summed E-state index contributed by atoms with van der Waals surface area (Å²) in [7, 11) is 0. The van der Waals surface area contributed by atoms with Crippen LogP contribution in [0.1, 0.15) is 5.69 Å². The van der Waals surface area contributed by atoms with E-state index in [1.165, 1.54) is 0 Å². The molecular formula is C9H13F3N6. The van der Waals surface area contributed by atoms with Crippen LogP contribution >= 0.6 is 0 Å². The fourth-order valence-corrected chi connectivity index (χ4v) is 1.70. The topological polar surface area (TPSA) is 79.1 Å². The van der Waals surface area contributed by atoms with Crippen molar-refractivity contribution in [1.82, 2.24) is 15.3 Å². The van der Waals surface area contributed by atoms with Crippen LogP contribution in [0.3, 0.4) is 0 Å². The molecule has 4 N–H and O–H groups in total. The van der Waals surface area contributed by atoms with E-state index in [1.54, 1.807) is 4.90 Å². The summed E-state index contributed by atoms with van der Waals surface area (Å²) >= 11 is 0. The van der Waals surface area contributed by atoms with Gasteiger partial charge in [0.05, 0.1) is 0 Å². The van der Waals surface area contributed by atoms with E-state index in [0.717, 1.165) is 6.07 Å². The summed E-state index contributed by atoms with van der Waals surface area (Å²) in [5.74, 6) is 5.08. The molecule has 1 aromatic rings. The Morgan fingerprint density at radius 2 is 1.94 bits per heavy atom. The van der Waals surface area contributed by atoms with Crippen LogP contribution in [0.25, 0.3) is 0 Å². The number of piperazine rings is 1. The number of halogens is 3. The Bertz CT molecular complexity index is 415. The Labute approximate surface area is 101 Å². The van der Waals surface area contributed by atoms with Crippen LogP contribution in [0, 0.1) is 0 Å². The summed E-state index contributed by atoms with van der Waals surface area (Å²) in [6, 6.07) is 0.937. The molecule has 0 unspecified atom stereocenters. The minimum atomic E-state index is -4.52. The average molecular weight is 262 g/mol. The number of nitrogen functional groups attached to an aromatic ring is 1. The lowest BCUT2D eigenvalue weighted by Gasteiger charge is -2.28. The van der Waals surface area contributed by atoms with Gasteiger partial charge < -0.3 is 10.2 Å². The van der Waals surface area contributed by atoms with Gasteiger partial charge in [-0.2, -0.15) is 18.2 Å². The normalized spacial score (nSPS) is 16.8. The monoisotopic (exact) mass is 262 g/mol. The van der Waals surface area contributed by atoms with E-state index in [0.29, 0.717) is 26.2 Å². The standard InChI is InChI=1S/C9H13F3N6/c10-9(11,12)6-5-7(16-8(15-6)17-13)18-3-1-14-2-4-18/h5,14H,1-4,13H2,(H,15,16,17). The van der Waals surface area contributed by atoms with Gasteiger partial charge in [0.2, 0.25) is 5.95 Å². The van der Waals surface area contributed by atoms with E-state index in [1.807, 2.05) is 0 Å². The summed E-state index contributed by atoms with van der Waals surface area (Å²) in [4.78, 5) is 9.00. The zero-order chi connectivity index (χ0) is 13.2. The molecule has 1 aliphatic heterocycles. The minimum Gasteiger partial charge on any atom is -0.354 e. The van der Waals surface area contributed by atoms with Crippen molar-refractivity contribution in [2.24, 2.45) is 5.84 Å². The van der Waals surface area contributed by atoms with Crippen LogP contribution < -0.4 is 21.5 Å². The molecule has 2 rings (SSSR count). The van der Waals surface area contributed by atoms with E-state index >= 15 is 0 Å². The molecule has 0 amide bonds. The number of anilines is 2. The molecule has 0 radical (unpaired) electrons. The van der Waals surface area contributed by atoms with Crippen LogP contribution in [-0.4, -0.2) is 36.1 Å². The predicted molar refractivity (Wildman–Crippen MR) is 59.9 cm³/mol. The Kier molecular flexibility index (Phi) is 3.53. The summed E-state index contributed by atoms with van der Waals surface area (Å²) in [5.41, 5.74) is 1.05. The molecule has 1 saturated heterocycles. The van der Waals surface area contributed by atoms with Gasteiger partial charge in [0, 0.05) is 32.2 Å². The van der Waals surface area contributed by atoms with Crippen LogP contribution in [0.15, 0.2) is 6.07 Å². The minimum absolute atomic E-state index is 0.228. The molecule has 18 heavy (non-hydrogen) atoms. The van der Waals surface area contributed by atoms with E-state index in [9.17, 15) is 13.2 Å². The molecule has 0 saturated carbocycles. The molecule has 6 nitrogen and oxygen atoms in total. The third kappa shape index (κ3) is 2.79. The van der Waals surface area contributed by atoms with Crippen molar-refractivity contribution in [1.29, 1.82) is 0 Å². The Balaban J connectivity index is 2.34. The third-order valence-electron chi connectivity index (χ3n) is 2.57. The third-order valence-corrected chi connectivity index (χ3v) is 2.57. The number of nitrogens with one attached hydrogen (secondary N) is 2. The Hall–Kier alpha value is -1.61.